The third kappa shape index (κ3) is 7.80. The molecule has 0 radical (unpaired) electrons. The predicted octanol–water partition coefficient (Wildman–Crippen LogP) is 7.24. The molecule has 1 aliphatic rings. The van der Waals surface area contributed by atoms with E-state index in [1.54, 1.807) is 26.4 Å². The van der Waals surface area contributed by atoms with Gasteiger partial charge in [0, 0.05) is 24.2 Å². The summed E-state index contributed by atoms with van der Waals surface area (Å²) < 4.78 is 16.8. The Labute approximate surface area is 224 Å². The van der Waals surface area contributed by atoms with Gasteiger partial charge in [-0.25, -0.2) is 4.79 Å². The molecule has 2 amide bonds. The Morgan fingerprint density at radius 3 is 2.38 bits per heavy atom. The normalized spacial score (nSPS) is 13.6. The van der Waals surface area contributed by atoms with Crippen molar-refractivity contribution in [1.29, 1.82) is 0 Å². The van der Waals surface area contributed by atoms with Crippen LogP contribution in [0.1, 0.15) is 43.2 Å². The Morgan fingerprint density at radius 1 is 0.892 bits per heavy atom. The van der Waals surface area contributed by atoms with Crippen molar-refractivity contribution in [3.63, 3.8) is 0 Å². The zero-order valence-corrected chi connectivity index (χ0v) is 22.3. The first kappa shape index (κ1) is 26.7. The van der Waals surface area contributed by atoms with Gasteiger partial charge in [-0.2, -0.15) is 0 Å². The molecule has 0 aromatic heterocycles. The topological polar surface area (TPSA) is 60.0 Å². The van der Waals surface area contributed by atoms with Crippen LogP contribution in [0.3, 0.4) is 0 Å². The number of halogens is 1. The van der Waals surface area contributed by atoms with Gasteiger partial charge in [0.1, 0.15) is 11.5 Å². The van der Waals surface area contributed by atoms with Crippen molar-refractivity contribution >= 4 is 17.6 Å². The minimum atomic E-state index is -0.0311. The number of urea groups is 1. The molecule has 0 atom stereocenters. The third-order valence-electron chi connectivity index (χ3n) is 6.66. The summed E-state index contributed by atoms with van der Waals surface area (Å²) in [6, 6.07) is 21.2. The number of ether oxygens (including phenoxy) is 3. The van der Waals surface area contributed by atoms with Gasteiger partial charge in [-0.15, -0.1) is 0 Å². The molecule has 7 heteroatoms. The number of benzene rings is 3. The van der Waals surface area contributed by atoms with Crippen molar-refractivity contribution in [2.75, 3.05) is 20.8 Å². The molecular formula is C30H35ClN2O4. The molecule has 1 fully saturated rings. The number of carbonyl (C=O) groups excluding carboxylic acids is 1. The molecule has 196 valence electrons. The average molecular weight is 523 g/mol. The zero-order chi connectivity index (χ0) is 26.0. The molecule has 0 bridgehead atoms. The van der Waals surface area contributed by atoms with Crippen LogP contribution in [-0.2, 0) is 13.0 Å². The molecule has 1 saturated carbocycles. The highest BCUT2D eigenvalue weighted by molar-refractivity contribution is 6.30. The third-order valence-corrected chi connectivity index (χ3v) is 6.91. The van der Waals surface area contributed by atoms with Crippen molar-refractivity contribution in [1.82, 2.24) is 10.2 Å². The van der Waals surface area contributed by atoms with E-state index in [4.69, 9.17) is 25.8 Å². The van der Waals surface area contributed by atoms with Crippen molar-refractivity contribution < 1.29 is 19.0 Å². The second-order valence-corrected chi connectivity index (χ2v) is 9.79. The molecule has 0 heterocycles. The van der Waals surface area contributed by atoms with Gasteiger partial charge in [0.15, 0.2) is 11.5 Å². The molecule has 0 saturated heterocycles. The summed E-state index contributed by atoms with van der Waals surface area (Å²) in [6.07, 6.45) is 6.36. The zero-order valence-electron chi connectivity index (χ0n) is 21.5. The van der Waals surface area contributed by atoms with Crippen LogP contribution in [0.15, 0.2) is 66.7 Å². The van der Waals surface area contributed by atoms with Crippen LogP contribution in [0.2, 0.25) is 5.02 Å². The molecule has 3 aromatic carbocycles. The minimum Gasteiger partial charge on any atom is -0.493 e. The maximum Gasteiger partial charge on any atom is 0.317 e. The number of rotatable bonds is 10. The molecule has 0 spiro atoms. The lowest BCUT2D eigenvalue weighted by atomic mass is 9.96. The van der Waals surface area contributed by atoms with Gasteiger partial charge in [-0.1, -0.05) is 49.1 Å². The van der Waals surface area contributed by atoms with E-state index >= 15 is 0 Å². The molecular weight excluding hydrogens is 488 g/mol. The predicted molar refractivity (Wildman–Crippen MR) is 147 cm³/mol. The maximum atomic E-state index is 13.4. The summed E-state index contributed by atoms with van der Waals surface area (Å²) in [7, 11) is 3.25. The highest BCUT2D eigenvalue weighted by Crippen LogP contribution is 2.28. The summed E-state index contributed by atoms with van der Waals surface area (Å²) in [5.74, 6) is 2.80. The van der Waals surface area contributed by atoms with E-state index in [1.807, 2.05) is 59.5 Å². The smallest absolute Gasteiger partial charge is 0.317 e. The maximum absolute atomic E-state index is 13.4. The molecule has 0 aliphatic heterocycles. The summed E-state index contributed by atoms with van der Waals surface area (Å²) in [5.41, 5.74) is 2.07. The van der Waals surface area contributed by atoms with Gasteiger partial charge < -0.3 is 24.4 Å². The van der Waals surface area contributed by atoms with Crippen LogP contribution in [0, 0.1) is 0 Å². The van der Waals surface area contributed by atoms with E-state index in [1.165, 1.54) is 19.3 Å². The number of methoxy groups -OCH3 is 2. The number of nitrogens with zero attached hydrogens (tertiary/aromatic N) is 1. The molecule has 1 aliphatic carbocycles. The first-order valence-corrected chi connectivity index (χ1v) is 13.2. The fourth-order valence-electron chi connectivity index (χ4n) is 4.63. The lowest BCUT2D eigenvalue weighted by Crippen LogP contribution is -2.45. The van der Waals surface area contributed by atoms with Gasteiger partial charge in [-0.3, -0.25) is 0 Å². The van der Waals surface area contributed by atoms with Gasteiger partial charge >= 0.3 is 6.03 Å². The van der Waals surface area contributed by atoms with E-state index in [9.17, 15) is 4.79 Å². The van der Waals surface area contributed by atoms with Gasteiger partial charge in [-0.05, 0) is 78.9 Å². The second-order valence-electron chi connectivity index (χ2n) is 9.35. The Kier molecular flexibility index (Phi) is 9.55. The molecule has 6 nitrogen and oxygen atoms in total. The fourth-order valence-corrected chi connectivity index (χ4v) is 4.76. The van der Waals surface area contributed by atoms with Crippen molar-refractivity contribution in [2.45, 2.75) is 51.1 Å². The Balaban J connectivity index is 1.47. The number of carbonyl (C=O) groups is 1. The number of amides is 2. The molecule has 37 heavy (non-hydrogen) atoms. The lowest BCUT2D eigenvalue weighted by Gasteiger charge is -2.29. The monoisotopic (exact) mass is 522 g/mol. The quantitative estimate of drug-likeness (QED) is 0.305. The van der Waals surface area contributed by atoms with E-state index in [-0.39, 0.29) is 12.1 Å². The number of nitrogens with one attached hydrogen (secondary N) is 1. The number of hydrogen-bond donors (Lipinski definition) is 1. The first-order chi connectivity index (χ1) is 18.0. The Bertz CT molecular complexity index is 1160. The Hall–Kier alpha value is -3.38. The van der Waals surface area contributed by atoms with Crippen LogP contribution in [-0.4, -0.2) is 37.7 Å². The van der Waals surface area contributed by atoms with Crippen molar-refractivity contribution in [3.8, 4) is 23.0 Å². The summed E-state index contributed by atoms with van der Waals surface area (Å²) in [5, 5.41) is 3.94. The molecule has 4 rings (SSSR count). The lowest BCUT2D eigenvalue weighted by molar-refractivity contribution is 0.188. The van der Waals surface area contributed by atoms with Crippen LogP contribution < -0.4 is 19.5 Å². The van der Waals surface area contributed by atoms with E-state index in [2.05, 4.69) is 5.32 Å². The van der Waals surface area contributed by atoms with Crippen LogP contribution in [0.4, 0.5) is 4.79 Å². The highest BCUT2D eigenvalue weighted by Gasteiger charge is 2.20. The summed E-state index contributed by atoms with van der Waals surface area (Å²) >= 11 is 5.99. The van der Waals surface area contributed by atoms with E-state index < -0.39 is 0 Å². The first-order valence-electron chi connectivity index (χ1n) is 12.8. The van der Waals surface area contributed by atoms with Crippen LogP contribution >= 0.6 is 11.6 Å². The van der Waals surface area contributed by atoms with Crippen LogP contribution in [0.5, 0.6) is 23.0 Å². The molecule has 3 aromatic rings. The minimum absolute atomic E-state index is 0.0311. The number of hydrogen-bond acceptors (Lipinski definition) is 4. The summed E-state index contributed by atoms with van der Waals surface area (Å²) in [6.45, 7) is 1.04. The standard InChI is InChI=1S/C30H35ClN2O4/c1-35-28-16-11-22(20-29(28)36-2)17-18-33(30(34)32-25-8-4-3-5-9-25)21-23-7-6-10-27(19-23)37-26-14-12-24(31)13-15-26/h6-7,10-16,19-20,25H,3-5,8-9,17-18,21H2,1-2H3,(H,32,34). The summed E-state index contributed by atoms with van der Waals surface area (Å²) in [4.78, 5) is 15.3. The SMILES string of the molecule is COc1ccc(CCN(Cc2cccc(Oc3ccc(Cl)cc3)c2)C(=O)NC2CCCCC2)cc1OC. The van der Waals surface area contributed by atoms with Gasteiger partial charge in [0.25, 0.3) is 0 Å². The van der Waals surface area contributed by atoms with Crippen LogP contribution in [0.25, 0.3) is 0 Å². The van der Waals surface area contributed by atoms with Gasteiger partial charge in [0.2, 0.25) is 0 Å². The fraction of sp³-hybridized carbons (Fsp3) is 0.367. The van der Waals surface area contributed by atoms with Gasteiger partial charge in [0.05, 0.1) is 14.2 Å². The van der Waals surface area contributed by atoms with Crippen molar-refractivity contribution in [3.05, 3.63) is 82.9 Å². The van der Waals surface area contributed by atoms with E-state index in [0.29, 0.717) is 47.5 Å². The largest absolute Gasteiger partial charge is 0.493 e. The average Bonchev–Trinajstić information content (AvgIpc) is 2.93. The van der Waals surface area contributed by atoms with E-state index in [0.717, 1.165) is 24.0 Å². The Morgan fingerprint density at radius 2 is 1.65 bits per heavy atom. The highest BCUT2D eigenvalue weighted by atomic mass is 35.5. The molecule has 1 N–H and O–H groups in total. The van der Waals surface area contributed by atoms with Crippen molar-refractivity contribution in [2.24, 2.45) is 0 Å². The second kappa shape index (κ2) is 13.2. The molecule has 0 unspecified atom stereocenters.